The predicted molar refractivity (Wildman–Crippen MR) is 68.8 cm³/mol. The molecular formula is C13H27N3. The van der Waals surface area contributed by atoms with Crippen LogP contribution in [0.2, 0.25) is 0 Å². The molecule has 2 rings (SSSR count). The van der Waals surface area contributed by atoms with Gasteiger partial charge in [0.2, 0.25) is 0 Å². The minimum atomic E-state index is 0.693. The van der Waals surface area contributed by atoms with Gasteiger partial charge in [-0.3, -0.25) is 9.80 Å². The quantitative estimate of drug-likeness (QED) is 0.757. The molecule has 0 aliphatic carbocycles. The van der Waals surface area contributed by atoms with Crippen LogP contribution < -0.4 is 5.32 Å². The lowest BCUT2D eigenvalue weighted by molar-refractivity contribution is 0.0961. The van der Waals surface area contributed by atoms with Crippen LogP contribution >= 0.6 is 0 Å². The molecule has 2 fully saturated rings. The number of piperazine rings is 1. The van der Waals surface area contributed by atoms with Crippen LogP contribution in [0.15, 0.2) is 0 Å². The van der Waals surface area contributed by atoms with Gasteiger partial charge >= 0.3 is 0 Å². The van der Waals surface area contributed by atoms with Crippen LogP contribution in [-0.4, -0.2) is 61.7 Å². The maximum absolute atomic E-state index is 3.45. The van der Waals surface area contributed by atoms with Gasteiger partial charge in [-0.2, -0.15) is 0 Å². The summed E-state index contributed by atoms with van der Waals surface area (Å²) >= 11 is 0. The van der Waals surface area contributed by atoms with Gasteiger partial charge in [0.1, 0.15) is 0 Å². The highest BCUT2D eigenvalue weighted by Crippen LogP contribution is 2.21. The summed E-state index contributed by atoms with van der Waals surface area (Å²) in [7, 11) is 2.10. The molecule has 0 aromatic heterocycles. The fraction of sp³-hybridized carbons (Fsp3) is 1.00. The zero-order chi connectivity index (χ0) is 11.4. The minimum absolute atomic E-state index is 0.693. The molecule has 3 nitrogen and oxygen atoms in total. The number of hydrogen-bond acceptors (Lipinski definition) is 3. The minimum Gasteiger partial charge on any atom is -0.316 e. The van der Waals surface area contributed by atoms with Gasteiger partial charge < -0.3 is 5.32 Å². The average molecular weight is 225 g/mol. The van der Waals surface area contributed by atoms with E-state index in [0.717, 1.165) is 6.04 Å². The number of nitrogens with one attached hydrogen (secondary N) is 1. The standard InChI is InChI=1S/C13H27N3/c1-3-5-12(14-2)10-15-8-9-16-7-4-6-13(16)11-15/h12-14H,3-11H2,1-2H3. The van der Waals surface area contributed by atoms with E-state index >= 15 is 0 Å². The zero-order valence-electron chi connectivity index (χ0n) is 10.9. The van der Waals surface area contributed by atoms with Gasteiger partial charge in [-0.15, -0.1) is 0 Å². The maximum atomic E-state index is 3.45. The SMILES string of the molecule is CCCC(CN1CCN2CCCC2C1)NC. The number of nitrogens with zero attached hydrogens (tertiary/aromatic N) is 2. The van der Waals surface area contributed by atoms with E-state index in [1.165, 1.54) is 58.4 Å². The Bertz CT molecular complexity index is 207. The fourth-order valence-electron chi connectivity index (χ4n) is 3.21. The van der Waals surface area contributed by atoms with Gasteiger partial charge in [0.25, 0.3) is 0 Å². The molecule has 2 aliphatic heterocycles. The van der Waals surface area contributed by atoms with Crippen LogP contribution in [0.3, 0.4) is 0 Å². The van der Waals surface area contributed by atoms with Crippen molar-refractivity contribution in [2.24, 2.45) is 0 Å². The highest BCUT2D eigenvalue weighted by atomic mass is 15.3. The first-order valence-electron chi connectivity index (χ1n) is 6.97. The van der Waals surface area contributed by atoms with E-state index < -0.39 is 0 Å². The lowest BCUT2D eigenvalue weighted by Crippen LogP contribution is -2.53. The third-order valence-corrected chi connectivity index (χ3v) is 4.20. The first-order chi connectivity index (χ1) is 7.83. The average Bonchev–Trinajstić information content (AvgIpc) is 2.75. The molecule has 2 aliphatic rings. The monoisotopic (exact) mass is 225 g/mol. The molecule has 3 heteroatoms. The summed E-state index contributed by atoms with van der Waals surface area (Å²) in [5.41, 5.74) is 0. The van der Waals surface area contributed by atoms with Crippen molar-refractivity contribution in [1.29, 1.82) is 0 Å². The Kier molecular flexibility index (Phi) is 4.62. The molecule has 2 unspecified atom stereocenters. The van der Waals surface area contributed by atoms with Crippen molar-refractivity contribution in [3.05, 3.63) is 0 Å². The summed E-state index contributed by atoms with van der Waals surface area (Å²) in [6.45, 7) is 8.75. The Morgan fingerprint density at radius 2 is 2.19 bits per heavy atom. The second-order valence-corrected chi connectivity index (χ2v) is 5.37. The maximum Gasteiger partial charge on any atom is 0.0224 e. The first kappa shape index (κ1) is 12.3. The Balaban J connectivity index is 1.77. The molecule has 2 atom stereocenters. The van der Waals surface area contributed by atoms with Gasteiger partial charge in [-0.05, 0) is 32.9 Å². The third kappa shape index (κ3) is 2.96. The fourth-order valence-corrected chi connectivity index (χ4v) is 3.21. The molecule has 16 heavy (non-hydrogen) atoms. The molecule has 1 N–H and O–H groups in total. The molecule has 0 spiro atoms. The second-order valence-electron chi connectivity index (χ2n) is 5.37. The Hall–Kier alpha value is -0.120. The third-order valence-electron chi connectivity index (χ3n) is 4.20. The van der Waals surface area contributed by atoms with E-state index in [9.17, 15) is 0 Å². The van der Waals surface area contributed by atoms with Crippen molar-refractivity contribution >= 4 is 0 Å². The highest BCUT2D eigenvalue weighted by molar-refractivity contribution is 4.88. The molecule has 0 radical (unpaired) electrons. The van der Waals surface area contributed by atoms with Crippen molar-refractivity contribution in [3.8, 4) is 0 Å². The lowest BCUT2D eigenvalue weighted by Gasteiger charge is -2.39. The van der Waals surface area contributed by atoms with Gasteiger partial charge in [0.05, 0.1) is 0 Å². The molecule has 0 aromatic rings. The van der Waals surface area contributed by atoms with Gasteiger partial charge in [-0.25, -0.2) is 0 Å². The summed E-state index contributed by atoms with van der Waals surface area (Å²) in [4.78, 5) is 5.36. The second kappa shape index (κ2) is 5.99. The molecule has 2 heterocycles. The molecule has 0 aromatic carbocycles. The zero-order valence-corrected chi connectivity index (χ0v) is 10.9. The van der Waals surface area contributed by atoms with Gasteiger partial charge in [0, 0.05) is 38.3 Å². The summed E-state index contributed by atoms with van der Waals surface area (Å²) in [5.74, 6) is 0. The van der Waals surface area contributed by atoms with E-state index in [1.54, 1.807) is 0 Å². The Morgan fingerprint density at radius 1 is 1.31 bits per heavy atom. The van der Waals surface area contributed by atoms with Crippen LogP contribution in [0.1, 0.15) is 32.6 Å². The highest BCUT2D eigenvalue weighted by Gasteiger charge is 2.30. The van der Waals surface area contributed by atoms with Crippen LogP contribution in [0.5, 0.6) is 0 Å². The van der Waals surface area contributed by atoms with E-state index in [2.05, 4.69) is 29.1 Å². The number of likely N-dealkylation sites (N-methyl/N-ethyl adjacent to an activating group) is 1. The van der Waals surface area contributed by atoms with Crippen molar-refractivity contribution in [3.63, 3.8) is 0 Å². The van der Waals surface area contributed by atoms with Crippen molar-refractivity contribution in [2.45, 2.75) is 44.7 Å². The summed E-state index contributed by atoms with van der Waals surface area (Å²) in [6, 6.07) is 1.56. The summed E-state index contributed by atoms with van der Waals surface area (Å²) in [5, 5.41) is 3.45. The number of hydrogen-bond donors (Lipinski definition) is 1. The number of fused-ring (bicyclic) bond motifs is 1. The van der Waals surface area contributed by atoms with E-state index in [0.29, 0.717) is 6.04 Å². The van der Waals surface area contributed by atoms with Crippen molar-refractivity contribution in [1.82, 2.24) is 15.1 Å². The van der Waals surface area contributed by atoms with Crippen LogP contribution in [0.4, 0.5) is 0 Å². The lowest BCUT2D eigenvalue weighted by atomic mass is 10.1. The molecule has 0 amide bonds. The predicted octanol–water partition coefficient (Wildman–Crippen LogP) is 1.15. The normalized spacial score (nSPS) is 29.2. The molecule has 0 saturated carbocycles. The van der Waals surface area contributed by atoms with Gasteiger partial charge in [0.15, 0.2) is 0 Å². The van der Waals surface area contributed by atoms with Crippen LogP contribution in [0, 0.1) is 0 Å². The topological polar surface area (TPSA) is 18.5 Å². The van der Waals surface area contributed by atoms with Crippen molar-refractivity contribution in [2.75, 3.05) is 39.8 Å². The largest absolute Gasteiger partial charge is 0.316 e. The number of rotatable bonds is 5. The summed E-state index contributed by atoms with van der Waals surface area (Å²) in [6.07, 6.45) is 5.44. The van der Waals surface area contributed by atoms with Crippen LogP contribution in [-0.2, 0) is 0 Å². The molecule has 2 saturated heterocycles. The van der Waals surface area contributed by atoms with E-state index in [-0.39, 0.29) is 0 Å². The molecule has 94 valence electrons. The van der Waals surface area contributed by atoms with Gasteiger partial charge in [-0.1, -0.05) is 13.3 Å². The van der Waals surface area contributed by atoms with E-state index in [1.807, 2.05) is 0 Å². The smallest absolute Gasteiger partial charge is 0.0224 e. The van der Waals surface area contributed by atoms with Crippen molar-refractivity contribution < 1.29 is 0 Å². The summed E-state index contributed by atoms with van der Waals surface area (Å²) < 4.78 is 0. The molecular weight excluding hydrogens is 198 g/mol. The van der Waals surface area contributed by atoms with E-state index in [4.69, 9.17) is 0 Å². The molecule has 0 bridgehead atoms. The first-order valence-corrected chi connectivity index (χ1v) is 6.97. The Morgan fingerprint density at radius 3 is 2.94 bits per heavy atom. The Labute approximate surface area is 100 Å². The van der Waals surface area contributed by atoms with Crippen LogP contribution in [0.25, 0.3) is 0 Å².